The topological polar surface area (TPSA) is 93.6 Å². The first kappa shape index (κ1) is 17.0. The third kappa shape index (κ3) is 4.21. The van der Waals surface area contributed by atoms with Gasteiger partial charge in [-0.05, 0) is 22.9 Å². The molecule has 0 radical (unpaired) electrons. The summed E-state index contributed by atoms with van der Waals surface area (Å²) in [6.07, 6.45) is -4.57. The minimum Gasteiger partial charge on any atom is -0.443 e. The first-order valence-corrected chi connectivity index (χ1v) is 7.47. The summed E-state index contributed by atoms with van der Waals surface area (Å²) in [5.41, 5.74) is 0. The third-order valence-electron chi connectivity index (χ3n) is 2.21. The predicted molar refractivity (Wildman–Crippen MR) is 65.4 cm³/mol. The first-order chi connectivity index (χ1) is 8.95. The summed E-state index contributed by atoms with van der Waals surface area (Å²) in [6.45, 7) is -0.338. The van der Waals surface area contributed by atoms with E-state index in [4.69, 9.17) is 9.56 Å². The van der Waals surface area contributed by atoms with Crippen LogP contribution in [0.5, 0.6) is 0 Å². The fourth-order valence-corrected chi connectivity index (χ4v) is 2.85. The lowest BCUT2D eigenvalue weighted by Gasteiger charge is -2.20. The summed E-state index contributed by atoms with van der Waals surface area (Å²) in [4.78, 5) is 11.8. The Morgan fingerprint density at radius 1 is 1.50 bits per heavy atom. The molecular formula is C9H10BrF3N2O4S. The predicted octanol–water partition coefficient (Wildman–Crippen LogP) is 1.71. The molecule has 114 valence electrons. The standard InChI is InChI=1S/C9H10BrF3N2O4S/c1-2-15(4-9(11,12)13)8(16)5-3-6(7(10)19-5)20(14,17)18/h3H,2,4H2,1H3,(H2,14,17,18). The fourth-order valence-electron chi connectivity index (χ4n) is 1.35. The lowest BCUT2D eigenvalue weighted by molar-refractivity contribution is -0.140. The van der Waals surface area contributed by atoms with Gasteiger partial charge in [0.1, 0.15) is 11.4 Å². The molecule has 0 fully saturated rings. The van der Waals surface area contributed by atoms with Gasteiger partial charge in [0.25, 0.3) is 5.91 Å². The Balaban J connectivity index is 3.09. The Kier molecular flexibility index (Phi) is 4.87. The van der Waals surface area contributed by atoms with E-state index < -0.39 is 39.3 Å². The van der Waals surface area contributed by atoms with E-state index in [1.807, 2.05) is 0 Å². The number of primary sulfonamides is 1. The zero-order valence-electron chi connectivity index (χ0n) is 10.1. The number of alkyl halides is 3. The smallest absolute Gasteiger partial charge is 0.406 e. The van der Waals surface area contributed by atoms with Crippen molar-refractivity contribution in [3.05, 3.63) is 16.5 Å². The van der Waals surface area contributed by atoms with Crippen LogP contribution in [0.2, 0.25) is 0 Å². The summed E-state index contributed by atoms with van der Waals surface area (Å²) in [7, 11) is -4.15. The molecule has 0 aromatic carbocycles. The largest absolute Gasteiger partial charge is 0.443 e. The van der Waals surface area contributed by atoms with Crippen LogP contribution >= 0.6 is 15.9 Å². The van der Waals surface area contributed by atoms with Crippen molar-refractivity contribution in [1.29, 1.82) is 0 Å². The number of furan rings is 1. The van der Waals surface area contributed by atoms with Crippen molar-refractivity contribution in [1.82, 2.24) is 4.90 Å². The van der Waals surface area contributed by atoms with Crippen LogP contribution in [0.15, 0.2) is 20.0 Å². The molecule has 0 aliphatic rings. The van der Waals surface area contributed by atoms with Crippen LogP contribution in [0.25, 0.3) is 0 Å². The highest BCUT2D eigenvalue weighted by Gasteiger charge is 2.34. The molecule has 0 saturated carbocycles. The zero-order valence-corrected chi connectivity index (χ0v) is 12.5. The van der Waals surface area contributed by atoms with Gasteiger partial charge >= 0.3 is 6.18 Å². The lowest BCUT2D eigenvalue weighted by Crippen LogP contribution is -2.38. The molecule has 6 nitrogen and oxygen atoms in total. The number of nitrogens with two attached hydrogens (primary N) is 1. The first-order valence-electron chi connectivity index (χ1n) is 5.14. The van der Waals surface area contributed by atoms with E-state index in [-0.39, 0.29) is 11.2 Å². The van der Waals surface area contributed by atoms with Gasteiger partial charge in [-0.2, -0.15) is 13.2 Å². The number of nitrogens with zero attached hydrogens (tertiary/aromatic N) is 1. The molecule has 11 heteroatoms. The highest BCUT2D eigenvalue weighted by Crippen LogP contribution is 2.26. The lowest BCUT2D eigenvalue weighted by atomic mass is 10.3. The third-order valence-corrected chi connectivity index (χ3v) is 3.98. The van der Waals surface area contributed by atoms with Gasteiger partial charge in [0.15, 0.2) is 10.4 Å². The van der Waals surface area contributed by atoms with Gasteiger partial charge in [0, 0.05) is 12.6 Å². The minimum atomic E-state index is -4.57. The molecule has 0 atom stereocenters. The Bertz CT molecular complexity index is 611. The maximum Gasteiger partial charge on any atom is 0.406 e. The molecule has 20 heavy (non-hydrogen) atoms. The zero-order chi connectivity index (χ0) is 15.7. The van der Waals surface area contributed by atoms with Crippen molar-refractivity contribution in [2.45, 2.75) is 18.0 Å². The minimum absolute atomic E-state index is 0.221. The fraction of sp³-hybridized carbons (Fsp3) is 0.444. The van der Waals surface area contributed by atoms with Crippen molar-refractivity contribution in [3.8, 4) is 0 Å². The summed E-state index contributed by atoms with van der Waals surface area (Å²) in [5, 5.41) is 4.86. The normalized spacial score (nSPS) is 12.5. The summed E-state index contributed by atoms with van der Waals surface area (Å²) in [6, 6.07) is 0.779. The van der Waals surface area contributed by atoms with E-state index in [2.05, 4.69) is 15.9 Å². The molecule has 1 amide bonds. The molecule has 1 aromatic heterocycles. The molecule has 0 aliphatic carbocycles. The van der Waals surface area contributed by atoms with Crippen LogP contribution in [0.4, 0.5) is 13.2 Å². The average molecular weight is 379 g/mol. The number of halogens is 4. The Hall–Kier alpha value is -1.07. The van der Waals surface area contributed by atoms with E-state index >= 15 is 0 Å². The maximum atomic E-state index is 12.3. The van der Waals surface area contributed by atoms with Crippen molar-refractivity contribution >= 4 is 31.9 Å². The van der Waals surface area contributed by atoms with Crippen LogP contribution in [0, 0.1) is 0 Å². The highest BCUT2D eigenvalue weighted by atomic mass is 79.9. The maximum absolute atomic E-state index is 12.3. The summed E-state index contributed by atoms with van der Waals surface area (Å²) < 4.78 is 63.6. The summed E-state index contributed by atoms with van der Waals surface area (Å²) in [5.74, 6) is -1.63. The SMILES string of the molecule is CCN(CC(F)(F)F)C(=O)c1cc(S(N)(=O)=O)c(Br)o1. The molecule has 0 saturated heterocycles. The molecular weight excluding hydrogens is 369 g/mol. The molecule has 1 heterocycles. The number of hydrogen-bond donors (Lipinski definition) is 1. The Labute approximate surface area is 120 Å². The van der Waals surface area contributed by atoms with Gasteiger partial charge in [0.05, 0.1) is 0 Å². The van der Waals surface area contributed by atoms with Crippen LogP contribution in [0.3, 0.4) is 0 Å². The van der Waals surface area contributed by atoms with Gasteiger partial charge in [-0.25, -0.2) is 13.6 Å². The van der Waals surface area contributed by atoms with Gasteiger partial charge in [0.2, 0.25) is 10.0 Å². The van der Waals surface area contributed by atoms with Crippen molar-refractivity contribution in [2.24, 2.45) is 5.14 Å². The van der Waals surface area contributed by atoms with Crippen LogP contribution in [-0.2, 0) is 10.0 Å². The van der Waals surface area contributed by atoms with Crippen molar-refractivity contribution in [2.75, 3.05) is 13.1 Å². The van der Waals surface area contributed by atoms with Crippen molar-refractivity contribution < 1.29 is 30.8 Å². The second-order valence-corrected chi connectivity index (χ2v) is 5.98. The van der Waals surface area contributed by atoms with Crippen molar-refractivity contribution in [3.63, 3.8) is 0 Å². The average Bonchev–Trinajstić information content (AvgIpc) is 2.65. The van der Waals surface area contributed by atoms with E-state index in [9.17, 15) is 26.4 Å². The quantitative estimate of drug-likeness (QED) is 0.862. The summed E-state index contributed by atoms with van der Waals surface area (Å²) >= 11 is 2.73. The number of sulfonamides is 1. The van der Waals surface area contributed by atoms with Crippen LogP contribution in [0.1, 0.15) is 17.5 Å². The molecule has 1 rings (SSSR count). The Morgan fingerprint density at radius 3 is 2.40 bits per heavy atom. The number of carbonyl (C=O) groups is 1. The van der Waals surface area contributed by atoms with E-state index in [0.29, 0.717) is 4.90 Å². The van der Waals surface area contributed by atoms with E-state index in [0.717, 1.165) is 6.07 Å². The number of amides is 1. The van der Waals surface area contributed by atoms with E-state index in [1.54, 1.807) is 0 Å². The van der Waals surface area contributed by atoms with Gasteiger partial charge < -0.3 is 9.32 Å². The van der Waals surface area contributed by atoms with E-state index in [1.165, 1.54) is 6.92 Å². The van der Waals surface area contributed by atoms with Crippen LogP contribution < -0.4 is 5.14 Å². The van der Waals surface area contributed by atoms with Gasteiger partial charge in [-0.1, -0.05) is 0 Å². The molecule has 1 aromatic rings. The molecule has 0 spiro atoms. The molecule has 2 N–H and O–H groups in total. The highest BCUT2D eigenvalue weighted by molar-refractivity contribution is 9.10. The second-order valence-electron chi connectivity index (χ2n) is 3.73. The molecule has 0 bridgehead atoms. The molecule has 0 aliphatic heterocycles. The number of hydrogen-bond acceptors (Lipinski definition) is 4. The monoisotopic (exact) mass is 378 g/mol. The van der Waals surface area contributed by atoms with Crippen LogP contribution in [-0.4, -0.2) is 38.5 Å². The molecule has 0 unspecified atom stereocenters. The number of rotatable bonds is 4. The van der Waals surface area contributed by atoms with Gasteiger partial charge in [-0.3, -0.25) is 4.79 Å². The second kappa shape index (κ2) is 5.74. The number of carbonyl (C=O) groups excluding carboxylic acids is 1. The van der Waals surface area contributed by atoms with Gasteiger partial charge in [-0.15, -0.1) is 0 Å². The Morgan fingerprint density at radius 2 is 2.05 bits per heavy atom.